The molecule has 0 saturated carbocycles. The normalized spacial score (nSPS) is 11.6. The molecule has 4 nitrogen and oxygen atoms in total. The van der Waals surface area contributed by atoms with E-state index in [1.54, 1.807) is 7.11 Å². The summed E-state index contributed by atoms with van der Waals surface area (Å²) in [7, 11) is 1.69. The minimum Gasteiger partial charge on any atom is -0.497 e. The number of hydrogen-bond acceptors (Lipinski definition) is 2. The molecule has 5 aromatic rings. The predicted molar refractivity (Wildman–Crippen MR) is 110 cm³/mol. The first-order chi connectivity index (χ1) is 13.3. The van der Waals surface area contributed by atoms with Crippen LogP contribution in [0, 0.1) is 0 Å². The van der Waals surface area contributed by atoms with E-state index in [2.05, 4.69) is 70.6 Å². The van der Waals surface area contributed by atoms with E-state index in [0.717, 1.165) is 35.5 Å². The SMILES string of the molecule is CCCn1c(-c2ccc(OC)cc2)cn2c3ccc4ccccc4c3nc12. The molecule has 0 atom stereocenters. The first-order valence-electron chi connectivity index (χ1n) is 9.33. The lowest BCUT2D eigenvalue weighted by Crippen LogP contribution is -2.00. The van der Waals surface area contributed by atoms with Crippen LogP contribution in [0.4, 0.5) is 0 Å². The van der Waals surface area contributed by atoms with Crippen molar-refractivity contribution < 1.29 is 4.74 Å². The van der Waals surface area contributed by atoms with Gasteiger partial charge in [-0.25, -0.2) is 4.98 Å². The molecule has 0 radical (unpaired) electrons. The number of aromatic nitrogens is 3. The highest BCUT2D eigenvalue weighted by atomic mass is 16.5. The topological polar surface area (TPSA) is 31.5 Å². The zero-order valence-electron chi connectivity index (χ0n) is 15.5. The molecule has 0 aliphatic rings. The van der Waals surface area contributed by atoms with Gasteiger partial charge in [-0.15, -0.1) is 0 Å². The highest BCUT2D eigenvalue weighted by Crippen LogP contribution is 2.31. The number of benzene rings is 3. The second-order valence-corrected chi connectivity index (χ2v) is 6.83. The average Bonchev–Trinajstić information content (AvgIpc) is 3.25. The number of rotatable bonds is 4. The Labute approximate surface area is 157 Å². The molecule has 2 aromatic heterocycles. The fourth-order valence-corrected chi connectivity index (χ4v) is 3.87. The Hall–Kier alpha value is -3.27. The summed E-state index contributed by atoms with van der Waals surface area (Å²) in [4.78, 5) is 5.04. The van der Waals surface area contributed by atoms with Crippen LogP contribution in [-0.2, 0) is 6.54 Å². The molecule has 5 rings (SSSR count). The summed E-state index contributed by atoms with van der Waals surface area (Å²) in [6.45, 7) is 3.13. The predicted octanol–water partition coefficient (Wildman–Crippen LogP) is 5.53. The van der Waals surface area contributed by atoms with Crippen molar-refractivity contribution in [3.63, 3.8) is 0 Å². The van der Waals surface area contributed by atoms with Crippen molar-refractivity contribution >= 4 is 27.6 Å². The van der Waals surface area contributed by atoms with Crippen LogP contribution >= 0.6 is 0 Å². The fraction of sp³-hybridized carbons (Fsp3) is 0.174. The zero-order valence-corrected chi connectivity index (χ0v) is 15.5. The van der Waals surface area contributed by atoms with Crippen molar-refractivity contribution in [1.29, 1.82) is 0 Å². The van der Waals surface area contributed by atoms with Crippen LogP contribution < -0.4 is 4.74 Å². The van der Waals surface area contributed by atoms with Crippen LogP contribution in [0.5, 0.6) is 5.75 Å². The van der Waals surface area contributed by atoms with Crippen molar-refractivity contribution in [2.45, 2.75) is 19.9 Å². The number of imidazole rings is 2. The Balaban J connectivity index is 1.79. The van der Waals surface area contributed by atoms with Crippen molar-refractivity contribution in [3.05, 3.63) is 66.9 Å². The van der Waals surface area contributed by atoms with Crippen LogP contribution in [0.2, 0.25) is 0 Å². The van der Waals surface area contributed by atoms with E-state index < -0.39 is 0 Å². The molecule has 0 amide bonds. The van der Waals surface area contributed by atoms with E-state index >= 15 is 0 Å². The summed E-state index contributed by atoms with van der Waals surface area (Å²) in [5, 5.41) is 2.43. The van der Waals surface area contributed by atoms with Gasteiger partial charge in [0, 0.05) is 23.7 Å². The lowest BCUT2D eigenvalue weighted by molar-refractivity contribution is 0.415. The summed E-state index contributed by atoms with van der Waals surface area (Å²) in [5.74, 6) is 1.86. The van der Waals surface area contributed by atoms with Gasteiger partial charge < -0.3 is 9.30 Å². The molecule has 3 aromatic carbocycles. The molecule has 0 fully saturated rings. The molecule has 2 heterocycles. The number of fused-ring (bicyclic) bond motifs is 5. The first kappa shape index (κ1) is 15.9. The second-order valence-electron chi connectivity index (χ2n) is 6.83. The highest BCUT2D eigenvalue weighted by molar-refractivity contribution is 6.05. The van der Waals surface area contributed by atoms with Gasteiger partial charge in [0.15, 0.2) is 0 Å². The number of nitrogens with zero attached hydrogens (tertiary/aromatic N) is 3. The lowest BCUT2D eigenvalue weighted by atomic mass is 10.1. The van der Waals surface area contributed by atoms with Gasteiger partial charge in [0.05, 0.1) is 23.8 Å². The van der Waals surface area contributed by atoms with Gasteiger partial charge in [0.2, 0.25) is 5.78 Å². The third kappa shape index (κ3) is 2.40. The molecule has 4 heteroatoms. The fourth-order valence-electron chi connectivity index (χ4n) is 3.87. The maximum Gasteiger partial charge on any atom is 0.215 e. The Kier molecular flexibility index (Phi) is 3.64. The van der Waals surface area contributed by atoms with E-state index in [1.165, 1.54) is 22.0 Å². The van der Waals surface area contributed by atoms with Crippen molar-refractivity contribution in [1.82, 2.24) is 14.0 Å². The second kappa shape index (κ2) is 6.16. The molecule has 0 saturated heterocycles. The van der Waals surface area contributed by atoms with Gasteiger partial charge >= 0.3 is 0 Å². The summed E-state index contributed by atoms with van der Waals surface area (Å²) < 4.78 is 9.84. The van der Waals surface area contributed by atoms with E-state index in [1.807, 2.05) is 12.1 Å². The molecule has 0 spiro atoms. The number of aryl methyl sites for hydroxylation is 1. The minimum atomic E-state index is 0.869. The van der Waals surface area contributed by atoms with Crippen molar-refractivity contribution in [2.75, 3.05) is 7.11 Å². The van der Waals surface area contributed by atoms with Gasteiger partial charge in [0.25, 0.3) is 0 Å². The molecule has 0 aliphatic carbocycles. The van der Waals surface area contributed by atoms with E-state index in [-0.39, 0.29) is 0 Å². The molecular formula is C23H21N3O. The highest BCUT2D eigenvalue weighted by Gasteiger charge is 2.16. The summed E-state index contributed by atoms with van der Waals surface area (Å²) in [6.07, 6.45) is 3.26. The maximum absolute atomic E-state index is 5.30. The summed E-state index contributed by atoms with van der Waals surface area (Å²) in [6, 6.07) is 21.0. The van der Waals surface area contributed by atoms with Crippen LogP contribution in [0.25, 0.3) is 38.8 Å². The van der Waals surface area contributed by atoms with Crippen LogP contribution in [0.1, 0.15) is 13.3 Å². The third-order valence-electron chi connectivity index (χ3n) is 5.18. The van der Waals surface area contributed by atoms with Gasteiger partial charge in [0.1, 0.15) is 5.75 Å². The molecule has 134 valence electrons. The molecule has 0 unspecified atom stereocenters. The largest absolute Gasteiger partial charge is 0.497 e. The molecule has 0 aliphatic heterocycles. The van der Waals surface area contributed by atoms with E-state index in [0.29, 0.717) is 0 Å². The standard InChI is InChI=1S/C23H21N3O/c1-3-14-25-21(17-8-11-18(27-2)12-9-17)15-26-20-13-10-16-6-4-5-7-19(16)22(20)24-23(25)26/h4-13,15H,3,14H2,1-2H3. The number of methoxy groups -OCH3 is 1. The maximum atomic E-state index is 5.30. The van der Waals surface area contributed by atoms with Crippen LogP contribution in [0.3, 0.4) is 0 Å². The number of ether oxygens (including phenoxy) is 1. The Morgan fingerprint density at radius 3 is 2.56 bits per heavy atom. The van der Waals surface area contributed by atoms with E-state index in [4.69, 9.17) is 9.72 Å². The smallest absolute Gasteiger partial charge is 0.215 e. The lowest BCUT2D eigenvalue weighted by Gasteiger charge is -2.08. The van der Waals surface area contributed by atoms with Gasteiger partial charge in [-0.2, -0.15) is 0 Å². The van der Waals surface area contributed by atoms with Crippen LogP contribution in [0.15, 0.2) is 66.9 Å². The Morgan fingerprint density at radius 1 is 0.963 bits per heavy atom. The van der Waals surface area contributed by atoms with Gasteiger partial charge in [-0.1, -0.05) is 37.3 Å². The Bertz CT molecular complexity index is 1260. The quantitative estimate of drug-likeness (QED) is 0.424. The average molecular weight is 355 g/mol. The first-order valence-corrected chi connectivity index (χ1v) is 9.33. The van der Waals surface area contributed by atoms with Crippen molar-refractivity contribution in [2.24, 2.45) is 0 Å². The zero-order chi connectivity index (χ0) is 18.4. The monoisotopic (exact) mass is 355 g/mol. The summed E-state index contributed by atoms with van der Waals surface area (Å²) in [5.41, 5.74) is 4.56. The molecular weight excluding hydrogens is 334 g/mol. The van der Waals surface area contributed by atoms with Crippen molar-refractivity contribution in [3.8, 4) is 17.0 Å². The third-order valence-corrected chi connectivity index (χ3v) is 5.18. The van der Waals surface area contributed by atoms with E-state index in [9.17, 15) is 0 Å². The molecule has 27 heavy (non-hydrogen) atoms. The summed E-state index contributed by atoms with van der Waals surface area (Å²) >= 11 is 0. The Morgan fingerprint density at radius 2 is 1.78 bits per heavy atom. The molecule has 0 bridgehead atoms. The number of hydrogen-bond donors (Lipinski definition) is 0. The van der Waals surface area contributed by atoms with Crippen LogP contribution in [-0.4, -0.2) is 21.1 Å². The molecule has 0 N–H and O–H groups in total. The van der Waals surface area contributed by atoms with Gasteiger partial charge in [-0.05, 0) is 42.1 Å². The minimum absolute atomic E-state index is 0.869. The van der Waals surface area contributed by atoms with Gasteiger partial charge in [-0.3, -0.25) is 4.40 Å².